The van der Waals surface area contributed by atoms with Crippen LogP contribution in [0, 0.1) is 97.1 Å². The number of aliphatic hydroxyl groups excluding tert-OH is 8. The van der Waals surface area contributed by atoms with Crippen LogP contribution in [-0.2, 0) is 30.9 Å². The van der Waals surface area contributed by atoms with Gasteiger partial charge in [-0.3, -0.25) is 9.59 Å². The number of hydrogen-bond acceptors (Lipinski definition) is 18. The van der Waals surface area contributed by atoms with Gasteiger partial charge in [-0.05, 0) is 140 Å². The van der Waals surface area contributed by atoms with Crippen molar-refractivity contribution in [1.82, 2.24) is 35.9 Å². The fourth-order valence-corrected chi connectivity index (χ4v) is 22.2. The molecule has 1 amide bonds. The predicted molar refractivity (Wildman–Crippen MR) is 325 cm³/mol. The van der Waals surface area contributed by atoms with Crippen LogP contribution in [0.1, 0.15) is 130 Å². The number of aromatic nitrogens is 4. The molecule has 2 saturated heterocycles. The fourth-order valence-electron chi connectivity index (χ4n) is 22.2. The highest BCUT2D eigenvalue weighted by molar-refractivity contribution is 5.87. The first kappa shape index (κ1) is 64.2. The second-order valence-electron chi connectivity index (χ2n) is 31.0. The fraction of sp³-hybridized carbons (Fsp3) is 0.818. The molecule has 5 saturated carbocycles. The third-order valence-electron chi connectivity index (χ3n) is 26.9. The second kappa shape index (κ2) is 23.3. The summed E-state index contributed by atoms with van der Waals surface area (Å²) in [5.41, 5.74) is 1.40. The molecule has 0 radical (unpaired) electrons. The third-order valence-corrected chi connectivity index (χ3v) is 26.9. The summed E-state index contributed by atoms with van der Waals surface area (Å²) in [6.07, 6.45) is 6.66. The molecule has 0 unspecified atom stereocenters. The average Bonchev–Trinajstić information content (AvgIpc) is 0.774. The largest absolute Gasteiger partial charge is 0.481 e. The van der Waals surface area contributed by atoms with Gasteiger partial charge in [-0.2, -0.15) is 0 Å². The van der Waals surface area contributed by atoms with E-state index in [9.17, 15) is 50.8 Å². The minimum atomic E-state index is -1.72. The van der Waals surface area contributed by atoms with Gasteiger partial charge in [0.1, 0.15) is 30.4 Å². The topological polar surface area (TPSA) is 366 Å². The monoisotopic (exact) mass is 1230 g/mol. The average molecular weight is 1230 g/mol. The smallest absolute Gasteiger partial charge is 0.310 e. The number of hydrogen-bond donors (Lipinski definition) is 16. The lowest BCUT2D eigenvalue weighted by atomic mass is 9.28. The zero-order valence-electron chi connectivity index (χ0n) is 52.7. The SMILES string of the molecule is CC(C)CCNCCNC[C@H]([C@@H](N)O)[C@H](O)[C@@]1(c2cnc[nH]2)C=C[C@@H]([C@H]2[C@@H](O)[C@@H](O[C@@H]3OC[C@@H](O)[C@H](O)[C@H]3O)[C@@](C)(CO)[C@H]3CC[C@]4(C)[C@H](CC=C5[C@@H]6C[C@@](C)(CO)CC[C@]6(C(=O)O)[C@H]6CNc7nc[nH]c7C[C@@H]6[C@]54C)[C@@]23C)[C@H]2[C@@H]1NC(=O)C21CCCC1. The first-order valence-corrected chi connectivity index (χ1v) is 33.2. The Morgan fingerprint density at radius 1 is 0.898 bits per heavy atom. The molecule has 7 fully saturated rings. The summed E-state index contributed by atoms with van der Waals surface area (Å²) in [6, 6.07) is -0.856. The highest BCUT2D eigenvalue weighted by atomic mass is 16.7. The van der Waals surface area contributed by atoms with Gasteiger partial charge in [0.25, 0.3) is 0 Å². The van der Waals surface area contributed by atoms with Crippen LogP contribution in [0.4, 0.5) is 5.82 Å². The number of carboxylic acid groups (broad SMARTS) is 1. The molecule has 10 aliphatic rings. The number of aromatic amines is 2. The molecule has 17 N–H and O–H groups in total. The number of carbonyl (C=O) groups is 2. The van der Waals surface area contributed by atoms with Crippen LogP contribution >= 0.6 is 0 Å². The standard InChI is InChI=1S/C66H103N9O13/c1-34(2)14-21-68-22-23-69-26-36(54(67)83)52(82)66(45-28-70-32-73-45)18-12-35(47-51(66)75-57(84)64(47)15-8-9-16-64)46-49(80)53(88-56-50(81)48(79)42(78)29-87-56)60(4,31-77)43-13-17-61(5)44(62(43,46)6)11-10-37-39-25-59(3,30-76)19-20-65(39,58(85)86)40-27-71-55-41(72-33-74-55)24-38(40)63(37,61)7/h10,12,18,28,32-36,38-40,42-44,46-54,56,68-69,71,76-83H,8-9,11,13-17,19-27,29-31,67H2,1-7H3,(H,70,73)(H,72,74)(H,75,84)(H,85,86)/t35-,36-,38-,39-,40-,42+,43+,44-,46-,47-,48-,49+,50+,51-,52-,53+,54-,56-,59-,60-,61+,62-,63-,65+,66+/m0/s1. The van der Waals surface area contributed by atoms with E-state index in [1.165, 1.54) is 0 Å². The van der Waals surface area contributed by atoms with E-state index < -0.39 is 147 Å². The summed E-state index contributed by atoms with van der Waals surface area (Å²) in [4.78, 5) is 46.3. The summed E-state index contributed by atoms with van der Waals surface area (Å²) in [5, 5.41) is 122. The molecule has 25 atom stereocenters. The lowest BCUT2D eigenvalue weighted by molar-refractivity contribution is -0.344. The number of amides is 1. The Kier molecular flexibility index (Phi) is 17.0. The molecule has 2 aromatic heterocycles. The number of carbonyl (C=O) groups excluding carboxylic acids is 1. The molecule has 3 aliphatic heterocycles. The van der Waals surface area contributed by atoms with E-state index in [-0.39, 0.29) is 43.4 Å². The molecule has 2 aromatic rings. The van der Waals surface area contributed by atoms with Gasteiger partial charge < -0.3 is 92.4 Å². The Bertz CT molecular complexity index is 2920. The van der Waals surface area contributed by atoms with E-state index in [1.807, 2.05) is 13.0 Å². The van der Waals surface area contributed by atoms with E-state index in [0.717, 1.165) is 37.1 Å². The number of allylic oxidation sites excluding steroid dienone is 3. The van der Waals surface area contributed by atoms with Crippen molar-refractivity contribution in [3.05, 3.63) is 54.0 Å². The third kappa shape index (κ3) is 9.22. The van der Waals surface area contributed by atoms with Crippen molar-refractivity contribution in [2.75, 3.05) is 57.9 Å². The maximum Gasteiger partial charge on any atom is 0.310 e. The Hall–Kier alpha value is -3.88. The van der Waals surface area contributed by atoms with Crippen LogP contribution in [0.3, 0.4) is 0 Å². The van der Waals surface area contributed by atoms with Crippen molar-refractivity contribution in [2.24, 2.45) is 103 Å². The number of nitrogens with one attached hydrogen (secondary N) is 6. The van der Waals surface area contributed by atoms with Gasteiger partial charge in [-0.1, -0.05) is 85.1 Å². The quantitative estimate of drug-likeness (QED) is 0.0441. The predicted octanol–water partition coefficient (Wildman–Crippen LogP) is 2.68. The molecule has 0 aromatic carbocycles. The van der Waals surface area contributed by atoms with Crippen molar-refractivity contribution < 1.29 is 65.0 Å². The van der Waals surface area contributed by atoms with E-state index in [2.05, 4.69) is 89.9 Å². The van der Waals surface area contributed by atoms with Crippen molar-refractivity contribution in [3.63, 3.8) is 0 Å². The van der Waals surface area contributed by atoms with Gasteiger partial charge >= 0.3 is 5.97 Å². The Balaban J connectivity index is 1.05. The normalized spacial score (nSPS) is 45.9. The van der Waals surface area contributed by atoms with E-state index in [4.69, 9.17) is 20.2 Å². The van der Waals surface area contributed by atoms with Gasteiger partial charge in [0.15, 0.2) is 6.29 Å². The summed E-state index contributed by atoms with van der Waals surface area (Å²) >= 11 is 0. The van der Waals surface area contributed by atoms with E-state index in [1.54, 1.807) is 18.9 Å². The van der Waals surface area contributed by atoms with Crippen molar-refractivity contribution in [1.29, 1.82) is 0 Å². The van der Waals surface area contributed by atoms with Crippen LogP contribution in [0.15, 0.2) is 42.7 Å². The number of imidazole rings is 2. The van der Waals surface area contributed by atoms with Gasteiger partial charge in [0, 0.05) is 61.9 Å². The number of H-pyrrole nitrogens is 2. The molecule has 88 heavy (non-hydrogen) atoms. The number of nitrogens with two attached hydrogens (primary N) is 1. The first-order chi connectivity index (χ1) is 41.8. The molecule has 12 rings (SSSR count). The van der Waals surface area contributed by atoms with Crippen LogP contribution in [-0.4, -0.2) is 185 Å². The van der Waals surface area contributed by atoms with Gasteiger partial charge in [-0.25, -0.2) is 9.97 Å². The Morgan fingerprint density at radius 2 is 1.65 bits per heavy atom. The van der Waals surface area contributed by atoms with Crippen molar-refractivity contribution in [2.45, 2.75) is 186 Å². The van der Waals surface area contributed by atoms with Crippen LogP contribution < -0.4 is 27.0 Å². The number of aliphatic hydroxyl groups is 8. The lowest BCUT2D eigenvalue weighted by Gasteiger charge is -2.76. The molecule has 7 aliphatic carbocycles. The van der Waals surface area contributed by atoms with Crippen LogP contribution in [0.25, 0.3) is 0 Å². The van der Waals surface area contributed by atoms with Gasteiger partial charge in [0.05, 0.1) is 72.2 Å². The maximum atomic E-state index is 15.7. The van der Waals surface area contributed by atoms with Gasteiger partial charge in [-0.15, -0.1) is 0 Å². The molecule has 5 heterocycles. The minimum absolute atomic E-state index is 0.0793. The summed E-state index contributed by atoms with van der Waals surface area (Å²) in [6.45, 7) is 17.1. The number of nitrogens with zero attached hydrogens (tertiary/aromatic N) is 2. The summed E-state index contributed by atoms with van der Waals surface area (Å²) < 4.78 is 13.0. The number of aliphatic carboxylic acids is 1. The number of fused-ring (bicyclic) bond motifs is 13. The van der Waals surface area contributed by atoms with Crippen LogP contribution in [0.2, 0.25) is 0 Å². The maximum absolute atomic E-state index is 15.7. The molecular formula is C66H103N9O13. The van der Waals surface area contributed by atoms with E-state index >= 15 is 4.79 Å². The molecule has 22 heteroatoms. The summed E-state index contributed by atoms with van der Waals surface area (Å²) in [5.74, 6) is -4.49. The Labute approximate surface area is 517 Å². The van der Waals surface area contributed by atoms with Crippen molar-refractivity contribution in [3.8, 4) is 0 Å². The highest BCUT2D eigenvalue weighted by Crippen LogP contribution is 2.80. The second-order valence-corrected chi connectivity index (χ2v) is 31.0. The molecule has 490 valence electrons. The summed E-state index contributed by atoms with van der Waals surface area (Å²) in [7, 11) is 0. The lowest BCUT2D eigenvalue weighted by Crippen LogP contribution is -2.75. The van der Waals surface area contributed by atoms with Gasteiger partial charge in [0.2, 0.25) is 5.91 Å². The zero-order valence-corrected chi connectivity index (χ0v) is 52.7. The van der Waals surface area contributed by atoms with Crippen LogP contribution in [0.5, 0.6) is 0 Å². The number of carboxylic acids is 1. The van der Waals surface area contributed by atoms with E-state index in [0.29, 0.717) is 94.9 Å². The number of rotatable bonds is 18. The molecule has 0 bridgehead atoms. The van der Waals surface area contributed by atoms with Crippen molar-refractivity contribution >= 4 is 17.7 Å². The number of ether oxygens (including phenoxy) is 2. The molecular weight excluding hydrogens is 1130 g/mol. The Morgan fingerprint density at radius 3 is 2.33 bits per heavy atom. The molecule has 1 spiro atoms. The molecule has 22 nitrogen and oxygen atoms in total. The first-order valence-electron chi connectivity index (χ1n) is 33.2. The highest BCUT2D eigenvalue weighted by Gasteiger charge is 2.79. The zero-order chi connectivity index (χ0) is 62.9. The number of anilines is 1. The minimum Gasteiger partial charge on any atom is -0.481 e.